The molecule has 2 amide bonds. The lowest BCUT2D eigenvalue weighted by molar-refractivity contribution is -0.133. The standard InChI is InChI=1S/C18H28N2O6/c1-5-14(10-19-15(21)7-13(4)18(25)26)6-11(2)9-20-17(24)12(3)8-16(22)23/h7-8,11,14H,5-6,9-10H2,1-4H3,(H,19,21)(H,20,24)(H,22,23)(H,25,26)/b12-8-,13-7-. The van der Waals surface area contributed by atoms with Gasteiger partial charge in [-0.2, -0.15) is 0 Å². The quantitative estimate of drug-likeness (QED) is 0.407. The van der Waals surface area contributed by atoms with Gasteiger partial charge in [0.1, 0.15) is 0 Å². The predicted octanol–water partition coefficient (Wildman–Crippen LogP) is 1.33. The highest BCUT2D eigenvalue weighted by Gasteiger charge is 2.14. The lowest BCUT2D eigenvalue weighted by Gasteiger charge is -2.20. The first-order chi connectivity index (χ1) is 12.1. The summed E-state index contributed by atoms with van der Waals surface area (Å²) in [6.07, 6.45) is 3.48. The zero-order valence-electron chi connectivity index (χ0n) is 15.7. The Morgan fingerprint density at radius 2 is 1.58 bits per heavy atom. The van der Waals surface area contributed by atoms with Crippen molar-refractivity contribution in [1.29, 1.82) is 0 Å². The maximum absolute atomic E-state index is 11.8. The highest BCUT2D eigenvalue weighted by atomic mass is 16.4. The summed E-state index contributed by atoms with van der Waals surface area (Å²) in [5.74, 6) is -2.85. The van der Waals surface area contributed by atoms with Gasteiger partial charge in [0.2, 0.25) is 11.8 Å². The minimum Gasteiger partial charge on any atom is -0.478 e. The Kier molecular flexibility index (Phi) is 10.6. The second-order valence-corrected chi connectivity index (χ2v) is 6.37. The van der Waals surface area contributed by atoms with Crippen LogP contribution in [0.3, 0.4) is 0 Å². The van der Waals surface area contributed by atoms with Crippen molar-refractivity contribution in [1.82, 2.24) is 10.6 Å². The maximum Gasteiger partial charge on any atom is 0.331 e. The highest BCUT2D eigenvalue weighted by molar-refractivity contribution is 5.98. The van der Waals surface area contributed by atoms with E-state index in [9.17, 15) is 19.2 Å². The fourth-order valence-corrected chi connectivity index (χ4v) is 2.26. The molecule has 0 aromatic rings. The number of aliphatic carboxylic acids is 2. The molecule has 2 atom stereocenters. The van der Waals surface area contributed by atoms with Gasteiger partial charge in [0.25, 0.3) is 0 Å². The number of nitrogens with one attached hydrogen (secondary N) is 2. The number of hydrogen-bond acceptors (Lipinski definition) is 4. The Morgan fingerprint density at radius 3 is 2.08 bits per heavy atom. The Hall–Kier alpha value is -2.64. The minimum atomic E-state index is -1.17. The van der Waals surface area contributed by atoms with E-state index in [0.29, 0.717) is 13.1 Å². The van der Waals surface area contributed by atoms with Crippen LogP contribution in [0.1, 0.15) is 40.5 Å². The summed E-state index contributed by atoms with van der Waals surface area (Å²) >= 11 is 0. The maximum atomic E-state index is 11.8. The van der Waals surface area contributed by atoms with Crippen molar-refractivity contribution >= 4 is 23.8 Å². The van der Waals surface area contributed by atoms with E-state index in [2.05, 4.69) is 10.6 Å². The van der Waals surface area contributed by atoms with Crippen LogP contribution in [-0.4, -0.2) is 47.1 Å². The molecule has 0 spiro atoms. The molecule has 146 valence electrons. The third-order valence-corrected chi connectivity index (χ3v) is 3.87. The molecule has 0 aliphatic heterocycles. The summed E-state index contributed by atoms with van der Waals surface area (Å²) in [5, 5.41) is 22.7. The van der Waals surface area contributed by atoms with Crippen molar-refractivity contribution in [2.75, 3.05) is 13.1 Å². The first kappa shape index (κ1) is 23.4. The molecule has 8 nitrogen and oxygen atoms in total. The normalized spacial score (nSPS) is 14.3. The smallest absolute Gasteiger partial charge is 0.331 e. The Morgan fingerprint density at radius 1 is 0.962 bits per heavy atom. The van der Waals surface area contributed by atoms with Crippen LogP contribution in [-0.2, 0) is 19.2 Å². The molecule has 0 fully saturated rings. The lowest BCUT2D eigenvalue weighted by atomic mass is 9.93. The van der Waals surface area contributed by atoms with Gasteiger partial charge in [-0.05, 0) is 32.1 Å². The summed E-state index contributed by atoms with van der Waals surface area (Å²) in [7, 11) is 0. The van der Waals surface area contributed by atoms with Crippen molar-refractivity contribution in [3.05, 3.63) is 23.3 Å². The monoisotopic (exact) mass is 368 g/mol. The fourth-order valence-electron chi connectivity index (χ4n) is 2.26. The van der Waals surface area contributed by atoms with Crippen LogP contribution in [0.15, 0.2) is 23.3 Å². The summed E-state index contributed by atoms with van der Waals surface area (Å²) in [6, 6.07) is 0. The second kappa shape index (κ2) is 11.8. The van der Waals surface area contributed by atoms with Crippen LogP contribution in [0, 0.1) is 11.8 Å². The summed E-state index contributed by atoms with van der Waals surface area (Å²) in [6.45, 7) is 7.53. The van der Waals surface area contributed by atoms with E-state index in [1.807, 2.05) is 13.8 Å². The van der Waals surface area contributed by atoms with Gasteiger partial charge in [0.05, 0.1) is 0 Å². The van der Waals surface area contributed by atoms with Crippen molar-refractivity contribution in [3.63, 3.8) is 0 Å². The van der Waals surface area contributed by atoms with Crippen LogP contribution in [0.2, 0.25) is 0 Å². The number of carbonyl (C=O) groups is 4. The number of hydrogen-bond donors (Lipinski definition) is 4. The number of carbonyl (C=O) groups excluding carboxylic acids is 2. The molecule has 0 saturated heterocycles. The third kappa shape index (κ3) is 10.3. The van der Waals surface area contributed by atoms with Gasteiger partial charge >= 0.3 is 11.9 Å². The van der Waals surface area contributed by atoms with Crippen molar-refractivity contribution < 1.29 is 29.4 Å². The molecule has 0 heterocycles. The van der Waals surface area contributed by atoms with Gasteiger partial charge in [-0.3, -0.25) is 9.59 Å². The van der Waals surface area contributed by atoms with Crippen LogP contribution >= 0.6 is 0 Å². The van der Waals surface area contributed by atoms with Gasteiger partial charge in [0, 0.05) is 36.4 Å². The first-order valence-electron chi connectivity index (χ1n) is 8.45. The minimum absolute atomic E-state index is 0.0311. The van der Waals surface area contributed by atoms with Gasteiger partial charge in [-0.1, -0.05) is 20.3 Å². The zero-order chi connectivity index (χ0) is 20.3. The van der Waals surface area contributed by atoms with Crippen LogP contribution in [0.4, 0.5) is 0 Å². The third-order valence-electron chi connectivity index (χ3n) is 3.87. The van der Waals surface area contributed by atoms with Gasteiger partial charge in [-0.15, -0.1) is 0 Å². The molecule has 0 aromatic heterocycles. The van der Waals surface area contributed by atoms with Crippen LogP contribution < -0.4 is 10.6 Å². The molecule has 0 aliphatic rings. The van der Waals surface area contributed by atoms with E-state index in [1.54, 1.807) is 0 Å². The van der Waals surface area contributed by atoms with Crippen LogP contribution in [0.5, 0.6) is 0 Å². The Balaban J connectivity index is 4.40. The number of rotatable bonds is 11. The number of amides is 2. The second-order valence-electron chi connectivity index (χ2n) is 6.37. The predicted molar refractivity (Wildman–Crippen MR) is 96.4 cm³/mol. The summed E-state index contributed by atoms with van der Waals surface area (Å²) in [5.41, 5.74) is 0.0982. The van der Waals surface area contributed by atoms with Gasteiger partial charge < -0.3 is 20.8 Å². The van der Waals surface area contributed by atoms with Crippen molar-refractivity contribution in [3.8, 4) is 0 Å². The van der Waals surface area contributed by atoms with E-state index in [1.165, 1.54) is 13.8 Å². The summed E-state index contributed by atoms with van der Waals surface area (Å²) in [4.78, 5) is 44.7. The molecule has 0 bridgehead atoms. The lowest BCUT2D eigenvalue weighted by Crippen LogP contribution is -2.32. The van der Waals surface area contributed by atoms with E-state index in [4.69, 9.17) is 10.2 Å². The Bertz CT molecular complexity index is 594. The molecule has 26 heavy (non-hydrogen) atoms. The summed E-state index contributed by atoms with van der Waals surface area (Å²) < 4.78 is 0. The molecule has 0 aliphatic carbocycles. The van der Waals surface area contributed by atoms with Gasteiger partial charge in [-0.25, -0.2) is 9.59 Å². The molecule has 4 N–H and O–H groups in total. The Labute approximate surface area is 153 Å². The fraction of sp³-hybridized carbons (Fsp3) is 0.556. The molecule has 2 unspecified atom stereocenters. The zero-order valence-corrected chi connectivity index (χ0v) is 15.7. The molecule has 0 saturated carbocycles. The highest BCUT2D eigenvalue weighted by Crippen LogP contribution is 2.14. The first-order valence-corrected chi connectivity index (χ1v) is 8.45. The van der Waals surface area contributed by atoms with Crippen LogP contribution in [0.25, 0.3) is 0 Å². The molecule has 0 rings (SSSR count). The van der Waals surface area contributed by atoms with E-state index < -0.39 is 23.8 Å². The number of carboxylic acid groups (broad SMARTS) is 2. The molecule has 0 aromatic carbocycles. The molecule has 8 heteroatoms. The average Bonchev–Trinajstić information content (AvgIpc) is 2.55. The van der Waals surface area contributed by atoms with Crippen molar-refractivity contribution in [2.24, 2.45) is 11.8 Å². The molecule has 0 radical (unpaired) electrons. The topological polar surface area (TPSA) is 133 Å². The van der Waals surface area contributed by atoms with Crippen molar-refractivity contribution in [2.45, 2.75) is 40.5 Å². The van der Waals surface area contributed by atoms with E-state index >= 15 is 0 Å². The molecular weight excluding hydrogens is 340 g/mol. The van der Waals surface area contributed by atoms with E-state index in [0.717, 1.165) is 25.0 Å². The average molecular weight is 368 g/mol. The van der Waals surface area contributed by atoms with E-state index in [-0.39, 0.29) is 23.0 Å². The van der Waals surface area contributed by atoms with Gasteiger partial charge in [0.15, 0.2) is 0 Å². The molecular formula is C18H28N2O6. The SMILES string of the molecule is CCC(CNC(=O)/C=C(/C)C(=O)O)CC(C)CNC(=O)/C(C)=C\C(=O)O. The largest absolute Gasteiger partial charge is 0.478 e. The number of carboxylic acids is 2.